The van der Waals surface area contributed by atoms with E-state index in [1.54, 1.807) is 0 Å². The molecule has 0 aromatic heterocycles. The number of nitrogens with one attached hydrogen (secondary N) is 5. The van der Waals surface area contributed by atoms with E-state index in [1.807, 2.05) is 0 Å². The van der Waals surface area contributed by atoms with Gasteiger partial charge in [0, 0.05) is 51.9 Å². The number of β-amino-alcohol motifs (C(OH)–C–C–N with tert-alkyl or cyclic N) is 1. The molecule has 1 aromatic rings. The molecule has 3 heterocycles. The molecule has 0 bridgehead atoms. The van der Waals surface area contributed by atoms with Gasteiger partial charge < -0.3 is 77.2 Å². The number of carbonyl (C=O) groups excluding carboxylic acids is 7. The summed E-state index contributed by atoms with van der Waals surface area (Å²) < 4.78 is 0. The van der Waals surface area contributed by atoms with Gasteiger partial charge in [0.1, 0.15) is 42.0 Å². The van der Waals surface area contributed by atoms with Gasteiger partial charge in [-0.15, -0.1) is 0 Å². The largest absolute Gasteiger partial charge is 0.508 e. The summed E-state index contributed by atoms with van der Waals surface area (Å²) in [5, 5.41) is 98.5. The Bertz CT molecular complexity index is 1940. The molecule has 14 atom stereocenters. The molecule has 13 N–H and O–H groups in total. The fourth-order valence-corrected chi connectivity index (χ4v) is 9.72. The molecular formula is C50H81N7O15. The van der Waals surface area contributed by atoms with Crippen molar-refractivity contribution in [1.82, 2.24) is 36.4 Å². The second kappa shape index (κ2) is 29.1. The number of carbonyl (C=O) groups is 7. The number of unbranched alkanes of at least 4 members (excludes halogenated alkanes) is 5. The third-order valence-corrected chi connectivity index (χ3v) is 14.1. The lowest BCUT2D eigenvalue weighted by Crippen LogP contribution is -2.64. The van der Waals surface area contributed by atoms with E-state index in [-0.39, 0.29) is 31.6 Å². The zero-order chi connectivity index (χ0) is 53.2. The van der Waals surface area contributed by atoms with Crippen molar-refractivity contribution in [2.75, 3.05) is 26.2 Å². The highest BCUT2D eigenvalue weighted by Gasteiger charge is 2.48. The number of hydrogen-bond acceptors (Lipinski definition) is 15. The summed E-state index contributed by atoms with van der Waals surface area (Å²) >= 11 is 0. The number of amides is 7. The average molecular weight is 1020 g/mol. The van der Waals surface area contributed by atoms with Crippen LogP contribution in [0.2, 0.25) is 0 Å². The first-order chi connectivity index (χ1) is 34.1. The van der Waals surface area contributed by atoms with E-state index in [2.05, 4.69) is 47.4 Å². The van der Waals surface area contributed by atoms with E-state index in [4.69, 9.17) is 0 Å². The zero-order valence-electron chi connectivity index (χ0n) is 42.2. The standard InChI is InChI=1S/C50H81N7O15/c1-5-28(2)22-29(3)12-10-8-6-7-9-11-13-40(66)52-35-24-33(61)26-51-48(70)44-38(64)18-20-56(44)50(72)43(37(63)19-21-58)55-47(69)42(39(65)23-31-14-16-32(60)17-15-31)54-46(68)36-25-34(62)27-57(36)49(71)41(30(4)59)53-45(35)67/h14-17,28-30,33-39,41-44,58-65H,5-13,18-27H2,1-4H3,(H,51,70)(H,52,66)(H,53,67)(H,54,68)(H,55,69)/t28-,29+,30+,33+,34+,35-,36-,37+,38-,39+,41-,42-,43-,44-/m0/s1. The SMILES string of the molecule is CC[C@H](C)C[C@H](C)CCCCCCCCC(=O)N[C@H]1C[C@@H](O)CNC(=O)[C@@H]2[C@@H](O)CCN2C(=O)[C@H]([C@H](O)CCO)NC(=O)[C@H]([C@H](O)Cc2ccc(O)cc2)NC(=O)[C@@H]2C[C@@H](O)CN2C(=O)[C@H]([C@@H](C)O)NC1=O. The Labute approximate surface area is 421 Å². The second-order valence-electron chi connectivity index (χ2n) is 20.2. The molecule has 3 aliphatic rings. The second-order valence-corrected chi connectivity index (χ2v) is 20.2. The molecule has 72 heavy (non-hydrogen) atoms. The van der Waals surface area contributed by atoms with E-state index in [9.17, 15) is 74.4 Å². The number of phenolic OH excluding ortho intramolecular Hbond substituents is 1. The van der Waals surface area contributed by atoms with Gasteiger partial charge in [0.25, 0.3) is 0 Å². The molecule has 4 rings (SSSR count). The van der Waals surface area contributed by atoms with Crippen molar-refractivity contribution in [2.24, 2.45) is 11.8 Å². The average Bonchev–Trinajstić information content (AvgIpc) is 3.93. The highest BCUT2D eigenvalue weighted by molar-refractivity contribution is 5.98. The van der Waals surface area contributed by atoms with Gasteiger partial charge in [-0.1, -0.05) is 77.8 Å². The number of hydrogen-bond donors (Lipinski definition) is 13. The monoisotopic (exact) mass is 1020 g/mol. The lowest BCUT2D eigenvalue weighted by atomic mass is 9.91. The Kier molecular flexibility index (Phi) is 24.0. The summed E-state index contributed by atoms with van der Waals surface area (Å²) in [4.78, 5) is 100. The molecule has 7 amide bonds. The molecule has 0 spiro atoms. The Morgan fingerprint density at radius 1 is 0.722 bits per heavy atom. The van der Waals surface area contributed by atoms with Gasteiger partial charge in [-0.05, 0) is 62.1 Å². The first-order valence-electron chi connectivity index (χ1n) is 25.7. The van der Waals surface area contributed by atoms with Crippen molar-refractivity contribution in [3.8, 4) is 5.75 Å². The fourth-order valence-electron chi connectivity index (χ4n) is 9.72. The highest BCUT2D eigenvalue weighted by Crippen LogP contribution is 2.25. The van der Waals surface area contributed by atoms with Crippen LogP contribution in [0.3, 0.4) is 0 Å². The molecule has 1 aromatic carbocycles. The lowest BCUT2D eigenvalue weighted by molar-refractivity contribution is -0.147. The summed E-state index contributed by atoms with van der Waals surface area (Å²) in [7, 11) is 0. The van der Waals surface area contributed by atoms with Crippen LogP contribution in [-0.4, -0.2) is 191 Å². The molecule has 0 unspecified atom stereocenters. The molecule has 3 saturated heterocycles. The smallest absolute Gasteiger partial charge is 0.248 e. The zero-order valence-corrected chi connectivity index (χ0v) is 42.2. The van der Waals surface area contributed by atoms with Gasteiger partial charge in [-0.2, -0.15) is 0 Å². The van der Waals surface area contributed by atoms with Crippen LogP contribution in [0.5, 0.6) is 5.75 Å². The predicted octanol–water partition coefficient (Wildman–Crippen LogP) is -1.64. The number of aromatic hydroxyl groups is 1. The fraction of sp³-hybridized carbons (Fsp3) is 0.740. The maximum absolute atomic E-state index is 14.3. The normalized spacial score (nSPS) is 28.3. The number of fused-ring (bicyclic) bond motifs is 2. The number of phenols is 1. The summed E-state index contributed by atoms with van der Waals surface area (Å²) in [5.74, 6) is -5.77. The third-order valence-electron chi connectivity index (χ3n) is 14.1. The minimum atomic E-state index is -1.97. The van der Waals surface area contributed by atoms with Crippen molar-refractivity contribution in [3.05, 3.63) is 29.8 Å². The topological polar surface area (TPSA) is 348 Å². The first-order valence-corrected chi connectivity index (χ1v) is 25.7. The molecular weight excluding hydrogens is 939 g/mol. The van der Waals surface area contributed by atoms with Gasteiger partial charge >= 0.3 is 0 Å². The number of aliphatic hydroxyl groups is 7. The Morgan fingerprint density at radius 3 is 2.00 bits per heavy atom. The van der Waals surface area contributed by atoms with Crippen molar-refractivity contribution >= 4 is 41.4 Å². The van der Waals surface area contributed by atoms with Gasteiger partial charge in [0.05, 0.1) is 36.6 Å². The lowest BCUT2D eigenvalue weighted by Gasteiger charge is -2.34. The number of rotatable bonds is 20. The van der Waals surface area contributed by atoms with Crippen LogP contribution < -0.4 is 26.6 Å². The quantitative estimate of drug-likeness (QED) is 0.0652. The molecule has 3 aliphatic heterocycles. The number of benzene rings is 1. The molecule has 0 saturated carbocycles. The highest BCUT2D eigenvalue weighted by atomic mass is 16.3. The van der Waals surface area contributed by atoms with Crippen molar-refractivity contribution in [3.63, 3.8) is 0 Å². The molecule has 3 fully saturated rings. The van der Waals surface area contributed by atoms with Crippen LogP contribution in [-0.2, 0) is 40.0 Å². The first kappa shape index (κ1) is 59.6. The van der Waals surface area contributed by atoms with E-state index < -0.39 is 153 Å². The molecule has 22 nitrogen and oxygen atoms in total. The van der Waals surface area contributed by atoms with Gasteiger partial charge in [0.15, 0.2) is 0 Å². The van der Waals surface area contributed by atoms with Crippen molar-refractivity contribution < 1.29 is 74.4 Å². The Balaban J connectivity index is 1.63. The number of aliphatic hydroxyl groups excluding tert-OH is 7. The van der Waals surface area contributed by atoms with Gasteiger partial charge in [-0.25, -0.2) is 0 Å². The van der Waals surface area contributed by atoms with Crippen LogP contribution in [0.25, 0.3) is 0 Å². The van der Waals surface area contributed by atoms with Crippen molar-refractivity contribution in [1.29, 1.82) is 0 Å². The van der Waals surface area contributed by atoms with E-state index in [1.165, 1.54) is 37.6 Å². The van der Waals surface area contributed by atoms with Crippen molar-refractivity contribution in [2.45, 2.75) is 197 Å². The minimum absolute atomic E-state index is 0.0171. The molecule has 0 aliphatic carbocycles. The predicted molar refractivity (Wildman–Crippen MR) is 261 cm³/mol. The Morgan fingerprint density at radius 2 is 1.35 bits per heavy atom. The van der Waals surface area contributed by atoms with Crippen LogP contribution in [0.1, 0.15) is 123 Å². The Hall–Kier alpha value is -4.97. The van der Waals surface area contributed by atoms with E-state index in [0.717, 1.165) is 54.7 Å². The summed E-state index contributed by atoms with van der Waals surface area (Å²) in [6.45, 7) is 5.95. The molecule has 406 valence electrons. The van der Waals surface area contributed by atoms with Gasteiger partial charge in [0.2, 0.25) is 41.4 Å². The third kappa shape index (κ3) is 17.6. The molecule has 22 heteroatoms. The summed E-state index contributed by atoms with van der Waals surface area (Å²) in [6, 6.07) is -4.98. The maximum atomic E-state index is 14.3. The van der Waals surface area contributed by atoms with Crippen LogP contribution in [0.15, 0.2) is 24.3 Å². The van der Waals surface area contributed by atoms with Gasteiger partial charge in [-0.3, -0.25) is 33.6 Å². The summed E-state index contributed by atoms with van der Waals surface area (Å²) in [6.07, 6.45) is -2.64. The van der Waals surface area contributed by atoms with E-state index in [0.29, 0.717) is 23.8 Å². The van der Waals surface area contributed by atoms with Crippen LogP contribution in [0, 0.1) is 11.8 Å². The van der Waals surface area contributed by atoms with Crippen LogP contribution >= 0.6 is 0 Å². The molecule has 0 radical (unpaired) electrons. The minimum Gasteiger partial charge on any atom is -0.508 e. The van der Waals surface area contributed by atoms with Crippen LogP contribution in [0.4, 0.5) is 0 Å². The summed E-state index contributed by atoms with van der Waals surface area (Å²) in [5.41, 5.74) is 0.374. The number of nitrogens with zero attached hydrogens (tertiary/aromatic N) is 2. The maximum Gasteiger partial charge on any atom is 0.248 e. The van der Waals surface area contributed by atoms with E-state index >= 15 is 0 Å².